The Balaban J connectivity index is 4.76. The highest BCUT2D eigenvalue weighted by Crippen LogP contribution is 2.38. The molecule has 0 fully saturated rings. The lowest BCUT2D eigenvalue weighted by atomic mass is 10.1. The van der Waals surface area contributed by atoms with E-state index in [4.69, 9.17) is 9.05 Å². The second kappa shape index (κ2) is 26.8. The Labute approximate surface area is 263 Å². The fourth-order valence-corrected chi connectivity index (χ4v) is 4.71. The first kappa shape index (κ1) is 41.5. The number of allylic oxidation sites excluding steroid dienone is 7. The van der Waals surface area contributed by atoms with Crippen LogP contribution >= 0.6 is 7.82 Å². The molecule has 3 atom stereocenters. The van der Waals surface area contributed by atoms with Crippen molar-refractivity contribution >= 4 is 13.7 Å². The van der Waals surface area contributed by atoms with Crippen LogP contribution in [0.5, 0.6) is 0 Å². The molecule has 0 bridgehead atoms. The van der Waals surface area contributed by atoms with E-state index in [1.807, 2.05) is 27.2 Å². The first-order valence-electron chi connectivity index (χ1n) is 16.5. The number of quaternary nitrogens is 1. The number of aliphatic hydroxyl groups excluding tert-OH is 1. The predicted molar refractivity (Wildman–Crippen MR) is 178 cm³/mol. The minimum absolute atomic E-state index is 0.0131. The molecular formula is C34H63N2O6P. The number of likely N-dealkylation sites (N-methyl/N-ethyl adjacent to an activating group) is 1. The van der Waals surface area contributed by atoms with Crippen molar-refractivity contribution in [2.75, 3.05) is 40.9 Å². The van der Waals surface area contributed by atoms with E-state index in [0.717, 1.165) is 70.6 Å². The average molecular weight is 627 g/mol. The van der Waals surface area contributed by atoms with Crippen LogP contribution in [-0.2, 0) is 18.4 Å². The summed E-state index contributed by atoms with van der Waals surface area (Å²) in [5, 5.41) is 13.6. The molecule has 0 radical (unpaired) electrons. The van der Waals surface area contributed by atoms with Gasteiger partial charge in [-0.1, -0.05) is 94.6 Å². The molecule has 0 saturated carbocycles. The Morgan fingerprint density at radius 2 is 1.35 bits per heavy atom. The molecule has 0 heterocycles. The minimum Gasteiger partial charge on any atom is -0.756 e. The minimum atomic E-state index is -4.58. The standard InChI is InChI=1S/C34H63N2O6P/c1-6-8-10-12-14-16-18-19-21-23-25-27-33(37)32(31-42-43(39,40)41-30-29-36(3,4)5)35-34(38)28-26-24-22-20-17-15-13-11-9-7-2/h10,12-13,15,18-19,25,27,32-33,37H,6-9,11,14,16-17,20-24,26,28-31H2,1-5H3,(H-,35,38,39,40)/b12-10+,15-13-,19-18+,27-25+. The maximum absolute atomic E-state index is 12.7. The first-order valence-corrected chi connectivity index (χ1v) is 18.0. The number of aliphatic hydroxyl groups is 1. The second-order valence-corrected chi connectivity index (χ2v) is 13.5. The molecular weight excluding hydrogens is 563 g/mol. The van der Waals surface area contributed by atoms with Crippen LogP contribution in [0.1, 0.15) is 110 Å². The third kappa shape index (κ3) is 29.0. The van der Waals surface area contributed by atoms with Gasteiger partial charge in [-0.3, -0.25) is 9.36 Å². The third-order valence-electron chi connectivity index (χ3n) is 6.72. The molecule has 0 aliphatic rings. The van der Waals surface area contributed by atoms with Crippen LogP contribution in [0.3, 0.4) is 0 Å². The van der Waals surface area contributed by atoms with E-state index < -0.39 is 26.6 Å². The zero-order chi connectivity index (χ0) is 32.2. The summed E-state index contributed by atoms with van der Waals surface area (Å²) in [6, 6.07) is -0.910. The Hall–Kier alpha value is -1.54. The summed E-state index contributed by atoms with van der Waals surface area (Å²) < 4.78 is 22.9. The van der Waals surface area contributed by atoms with E-state index in [1.54, 1.807) is 6.08 Å². The smallest absolute Gasteiger partial charge is 0.268 e. The molecule has 3 unspecified atom stereocenters. The molecule has 8 nitrogen and oxygen atoms in total. The average Bonchev–Trinajstić information content (AvgIpc) is 2.94. The van der Waals surface area contributed by atoms with Gasteiger partial charge in [-0.05, 0) is 57.8 Å². The lowest BCUT2D eigenvalue weighted by Gasteiger charge is -2.29. The number of hydrogen-bond donors (Lipinski definition) is 2. The summed E-state index contributed by atoms with van der Waals surface area (Å²) in [6.07, 6.45) is 30.2. The van der Waals surface area contributed by atoms with Gasteiger partial charge in [0.2, 0.25) is 5.91 Å². The van der Waals surface area contributed by atoms with Gasteiger partial charge in [0.15, 0.2) is 0 Å². The zero-order valence-electron chi connectivity index (χ0n) is 27.9. The number of unbranched alkanes of at least 4 members (excludes halogenated alkanes) is 9. The SMILES string of the molecule is CCC/C=C/CC/C=C/CC/C=C/C(O)C(COP(=O)([O-])OCC[N+](C)(C)C)NC(=O)CCCCCC/C=C\CCCC. The van der Waals surface area contributed by atoms with Gasteiger partial charge < -0.3 is 28.8 Å². The van der Waals surface area contributed by atoms with Crippen molar-refractivity contribution in [2.45, 2.75) is 122 Å². The van der Waals surface area contributed by atoms with Crippen molar-refractivity contribution in [1.82, 2.24) is 5.32 Å². The highest BCUT2D eigenvalue weighted by molar-refractivity contribution is 7.45. The number of carbonyl (C=O) groups is 1. The summed E-state index contributed by atoms with van der Waals surface area (Å²) in [5.41, 5.74) is 0. The zero-order valence-corrected chi connectivity index (χ0v) is 28.8. The van der Waals surface area contributed by atoms with Gasteiger partial charge in [0.05, 0.1) is 39.9 Å². The quantitative estimate of drug-likeness (QED) is 0.0413. The molecule has 0 saturated heterocycles. The molecule has 9 heteroatoms. The van der Waals surface area contributed by atoms with Crippen LogP contribution in [0.2, 0.25) is 0 Å². The molecule has 0 aliphatic carbocycles. The number of amides is 1. The molecule has 2 N–H and O–H groups in total. The van der Waals surface area contributed by atoms with Crippen LogP contribution in [0.15, 0.2) is 48.6 Å². The number of phosphoric ester groups is 1. The summed E-state index contributed by atoms with van der Waals surface area (Å²) in [5.74, 6) is -0.233. The van der Waals surface area contributed by atoms with E-state index in [9.17, 15) is 19.4 Å². The second-order valence-electron chi connectivity index (χ2n) is 12.1. The Kier molecular flexibility index (Phi) is 25.9. The number of rotatable bonds is 28. The van der Waals surface area contributed by atoms with Crippen LogP contribution in [-0.4, -0.2) is 68.5 Å². The van der Waals surface area contributed by atoms with Gasteiger partial charge in [0, 0.05) is 6.42 Å². The molecule has 0 spiro atoms. The Bertz CT molecular complexity index is 850. The van der Waals surface area contributed by atoms with Crippen molar-refractivity contribution in [3.05, 3.63) is 48.6 Å². The van der Waals surface area contributed by atoms with Crippen molar-refractivity contribution in [3.8, 4) is 0 Å². The monoisotopic (exact) mass is 626 g/mol. The van der Waals surface area contributed by atoms with E-state index in [2.05, 4.69) is 55.6 Å². The highest BCUT2D eigenvalue weighted by Gasteiger charge is 2.23. The molecule has 250 valence electrons. The van der Waals surface area contributed by atoms with Crippen LogP contribution in [0, 0.1) is 0 Å². The fraction of sp³-hybridized carbons (Fsp3) is 0.735. The first-order chi connectivity index (χ1) is 20.5. The third-order valence-corrected chi connectivity index (χ3v) is 7.68. The predicted octanol–water partition coefficient (Wildman–Crippen LogP) is 7.16. The van der Waals surface area contributed by atoms with Crippen molar-refractivity contribution in [3.63, 3.8) is 0 Å². The summed E-state index contributed by atoms with van der Waals surface area (Å²) >= 11 is 0. The molecule has 0 aromatic carbocycles. The molecule has 43 heavy (non-hydrogen) atoms. The topological polar surface area (TPSA) is 108 Å². The Morgan fingerprint density at radius 1 is 0.791 bits per heavy atom. The fourth-order valence-electron chi connectivity index (χ4n) is 3.99. The van der Waals surface area contributed by atoms with Crippen molar-refractivity contribution in [1.29, 1.82) is 0 Å². The van der Waals surface area contributed by atoms with Gasteiger partial charge in [-0.2, -0.15) is 0 Å². The lowest BCUT2D eigenvalue weighted by molar-refractivity contribution is -0.870. The molecule has 1 amide bonds. The molecule has 0 rings (SSSR count). The van der Waals surface area contributed by atoms with Crippen LogP contribution in [0.4, 0.5) is 0 Å². The maximum atomic E-state index is 12.7. The maximum Gasteiger partial charge on any atom is 0.268 e. The highest BCUT2D eigenvalue weighted by atomic mass is 31.2. The van der Waals surface area contributed by atoms with Crippen molar-refractivity contribution < 1.29 is 32.9 Å². The number of nitrogens with zero attached hydrogens (tertiary/aromatic N) is 1. The number of nitrogens with one attached hydrogen (secondary N) is 1. The van der Waals surface area contributed by atoms with Gasteiger partial charge in [-0.25, -0.2) is 0 Å². The van der Waals surface area contributed by atoms with E-state index in [1.165, 1.54) is 19.3 Å². The number of phosphoric acid groups is 1. The summed E-state index contributed by atoms with van der Waals surface area (Å²) in [7, 11) is 1.21. The number of carbonyl (C=O) groups excluding carboxylic acids is 1. The van der Waals surface area contributed by atoms with E-state index >= 15 is 0 Å². The van der Waals surface area contributed by atoms with Gasteiger partial charge in [0.25, 0.3) is 7.82 Å². The van der Waals surface area contributed by atoms with Crippen LogP contribution in [0.25, 0.3) is 0 Å². The van der Waals surface area contributed by atoms with Crippen molar-refractivity contribution in [2.24, 2.45) is 0 Å². The normalized spacial score (nSPS) is 15.6. The van der Waals surface area contributed by atoms with Gasteiger partial charge >= 0.3 is 0 Å². The van der Waals surface area contributed by atoms with E-state index in [0.29, 0.717) is 17.4 Å². The molecule has 0 aromatic heterocycles. The Morgan fingerprint density at radius 3 is 1.95 bits per heavy atom. The molecule has 0 aliphatic heterocycles. The van der Waals surface area contributed by atoms with E-state index in [-0.39, 0.29) is 12.5 Å². The van der Waals surface area contributed by atoms with Gasteiger partial charge in [-0.15, -0.1) is 0 Å². The summed E-state index contributed by atoms with van der Waals surface area (Å²) in [4.78, 5) is 25.0. The lowest BCUT2D eigenvalue weighted by Crippen LogP contribution is -2.45. The summed E-state index contributed by atoms with van der Waals surface area (Å²) in [6.45, 7) is 4.43. The molecule has 0 aromatic rings. The number of hydrogen-bond acceptors (Lipinski definition) is 6. The largest absolute Gasteiger partial charge is 0.756 e. The van der Waals surface area contributed by atoms with Gasteiger partial charge in [0.1, 0.15) is 13.2 Å². The van der Waals surface area contributed by atoms with Crippen LogP contribution < -0.4 is 10.2 Å².